The molecule has 0 spiro atoms. The van der Waals surface area contributed by atoms with Crippen molar-refractivity contribution in [1.82, 2.24) is 9.97 Å². The average Bonchev–Trinajstić information content (AvgIpc) is 3.15. The predicted octanol–water partition coefficient (Wildman–Crippen LogP) is 3.06. The van der Waals surface area contributed by atoms with Crippen LogP contribution in [0.2, 0.25) is 0 Å². The molecule has 0 amide bonds. The molecule has 2 aromatic heterocycles. The van der Waals surface area contributed by atoms with E-state index in [9.17, 15) is 9.59 Å². The lowest BCUT2D eigenvalue weighted by atomic mass is 10.0. The highest BCUT2D eigenvalue weighted by molar-refractivity contribution is 6.01. The first-order chi connectivity index (χ1) is 12.1. The summed E-state index contributed by atoms with van der Waals surface area (Å²) in [7, 11) is 1.54. The Hall–Kier alpha value is -2.99. The maximum atomic E-state index is 12.6. The number of aromatic nitrogens is 2. The Labute approximate surface area is 144 Å². The molecule has 128 valence electrons. The van der Waals surface area contributed by atoms with Gasteiger partial charge in [0.05, 0.1) is 29.1 Å². The van der Waals surface area contributed by atoms with Crippen molar-refractivity contribution in [3.63, 3.8) is 0 Å². The first-order valence-electron chi connectivity index (χ1n) is 7.82. The second-order valence-corrected chi connectivity index (χ2v) is 5.59. The molecule has 3 aromatic rings. The van der Waals surface area contributed by atoms with E-state index in [1.165, 1.54) is 7.11 Å². The molecule has 0 atom stereocenters. The molecule has 25 heavy (non-hydrogen) atoms. The Kier molecular flexibility index (Phi) is 4.90. The van der Waals surface area contributed by atoms with Gasteiger partial charge in [-0.2, -0.15) is 0 Å². The molecule has 6 nitrogen and oxygen atoms in total. The number of aromatic amines is 1. The van der Waals surface area contributed by atoms with E-state index >= 15 is 0 Å². The number of hydrogen-bond donors (Lipinski definition) is 1. The van der Waals surface area contributed by atoms with E-state index in [0.29, 0.717) is 17.0 Å². The topological polar surface area (TPSA) is 81.3 Å². The zero-order valence-electron chi connectivity index (χ0n) is 14.0. The van der Waals surface area contributed by atoms with Crippen LogP contribution in [0, 0.1) is 6.92 Å². The number of ketones is 1. The minimum atomic E-state index is -0.581. The number of H-pyrrole nitrogens is 1. The number of nitrogens with one attached hydrogen (secondary N) is 1. The Bertz CT molecular complexity index is 917. The number of ether oxygens (including phenoxy) is 2. The van der Waals surface area contributed by atoms with Gasteiger partial charge in [0.2, 0.25) is 5.78 Å². The number of nitrogens with zero attached hydrogens (tertiary/aromatic N) is 1. The first-order valence-corrected chi connectivity index (χ1v) is 7.82. The van der Waals surface area contributed by atoms with E-state index in [1.54, 1.807) is 18.3 Å². The SMILES string of the molecule is COCc1nc2ccccc2c(C)c1C(=O)OCC(=O)c1ccc[nH]1. The van der Waals surface area contributed by atoms with Gasteiger partial charge in [0.25, 0.3) is 0 Å². The van der Waals surface area contributed by atoms with Crippen molar-refractivity contribution in [1.29, 1.82) is 0 Å². The van der Waals surface area contributed by atoms with Gasteiger partial charge in [-0.05, 0) is 30.7 Å². The normalized spacial score (nSPS) is 10.8. The van der Waals surface area contributed by atoms with Crippen LogP contribution in [0.3, 0.4) is 0 Å². The molecular weight excluding hydrogens is 320 g/mol. The highest BCUT2D eigenvalue weighted by Gasteiger charge is 2.21. The van der Waals surface area contributed by atoms with E-state index < -0.39 is 5.97 Å². The quantitative estimate of drug-likeness (QED) is 0.552. The van der Waals surface area contributed by atoms with Crippen molar-refractivity contribution in [2.24, 2.45) is 0 Å². The molecule has 0 unspecified atom stereocenters. The van der Waals surface area contributed by atoms with Crippen molar-refractivity contribution in [3.8, 4) is 0 Å². The second kappa shape index (κ2) is 7.27. The van der Waals surface area contributed by atoms with Crippen molar-refractivity contribution in [2.45, 2.75) is 13.5 Å². The number of rotatable bonds is 6. The zero-order valence-corrected chi connectivity index (χ0v) is 14.0. The third-order valence-electron chi connectivity index (χ3n) is 3.94. The molecule has 6 heteroatoms. The van der Waals surface area contributed by atoms with Crippen LogP contribution in [0.5, 0.6) is 0 Å². The fraction of sp³-hybridized carbons (Fsp3) is 0.211. The van der Waals surface area contributed by atoms with Gasteiger partial charge in [-0.3, -0.25) is 4.79 Å². The van der Waals surface area contributed by atoms with Gasteiger partial charge in [-0.25, -0.2) is 9.78 Å². The number of Topliss-reactive ketones (excluding diaryl/α,β-unsaturated/α-hetero) is 1. The number of fused-ring (bicyclic) bond motifs is 1. The van der Waals surface area contributed by atoms with Crippen molar-refractivity contribution >= 4 is 22.7 Å². The van der Waals surface area contributed by atoms with Gasteiger partial charge in [0, 0.05) is 18.7 Å². The maximum Gasteiger partial charge on any atom is 0.340 e. The van der Waals surface area contributed by atoms with Crippen LogP contribution in [0.15, 0.2) is 42.6 Å². The molecule has 0 aliphatic rings. The molecule has 0 saturated carbocycles. The first kappa shape index (κ1) is 16.9. The molecule has 0 fully saturated rings. The fourth-order valence-corrected chi connectivity index (χ4v) is 2.74. The second-order valence-electron chi connectivity index (χ2n) is 5.59. The summed E-state index contributed by atoms with van der Waals surface area (Å²) in [4.78, 5) is 31.9. The molecule has 0 saturated heterocycles. The lowest BCUT2D eigenvalue weighted by Gasteiger charge is -2.13. The molecule has 1 aromatic carbocycles. The van der Waals surface area contributed by atoms with Gasteiger partial charge in [0.1, 0.15) is 0 Å². The Morgan fingerprint density at radius 2 is 1.96 bits per heavy atom. The number of pyridine rings is 1. The number of aryl methyl sites for hydroxylation is 1. The molecule has 0 radical (unpaired) electrons. The lowest BCUT2D eigenvalue weighted by Crippen LogP contribution is -2.18. The summed E-state index contributed by atoms with van der Waals surface area (Å²) in [5, 5.41) is 0.866. The van der Waals surface area contributed by atoms with E-state index in [4.69, 9.17) is 9.47 Å². The summed E-state index contributed by atoms with van der Waals surface area (Å²) in [6.45, 7) is 1.69. The minimum Gasteiger partial charge on any atom is -0.454 e. The zero-order chi connectivity index (χ0) is 17.8. The van der Waals surface area contributed by atoms with Crippen LogP contribution in [0.25, 0.3) is 10.9 Å². The van der Waals surface area contributed by atoms with E-state index in [1.807, 2.05) is 31.2 Å². The number of methoxy groups -OCH3 is 1. The molecule has 1 N–H and O–H groups in total. The Balaban J connectivity index is 1.90. The maximum absolute atomic E-state index is 12.6. The van der Waals surface area contributed by atoms with Crippen molar-refractivity contribution in [3.05, 3.63) is 65.1 Å². The van der Waals surface area contributed by atoms with E-state index in [0.717, 1.165) is 16.5 Å². The summed E-state index contributed by atoms with van der Waals surface area (Å²) >= 11 is 0. The van der Waals surface area contributed by atoms with Crippen molar-refractivity contribution < 1.29 is 19.1 Å². The average molecular weight is 338 g/mol. The summed E-state index contributed by atoms with van der Waals surface area (Å²) < 4.78 is 10.4. The molecule has 0 aliphatic heterocycles. The summed E-state index contributed by atoms with van der Waals surface area (Å²) in [6.07, 6.45) is 1.64. The highest BCUT2D eigenvalue weighted by Crippen LogP contribution is 2.24. The van der Waals surface area contributed by atoms with Crippen LogP contribution >= 0.6 is 0 Å². The van der Waals surface area contributed by atoms with Crippen LogP contribution in [-0.4, -0.2) is 35.4 Å². The van der Waals surface area contributed by atoms with E-state index in [-0.39, 0.29) is 19.0 Å². The Morgan fingerprint density at radius 3 is 2.68 bits per heavy atom. The number of benzene rings is 1. The van der Waals surface area contributed by atoms with Gasteiger partial charge >= 0.3 is 5.97 Å². The molecular formula is C19H18N2O4. The van der Waals surface area contributed by atoms with Crippen LogP contribution < -0.4 is 0 Å². The third kappa shape index (κ3) is 3.44. The Morgan fingerprint density at radius 1 is 1.16 bits per heavy atom. The van der Waals surface area contributed by atoms with E-state index in [2.05, 4.69) is 9.97 Å². The predicted molar refractivity (Wildman–Crippen MR) is 92.6 cm³/mol. The van der Waals surface area contributed by atoms with Crippen LogP contribution in [0.1, 0.15) is 32.1 Å². The van der Waals surface area contributed by atoms with Gasteiger partial charge in [-0.15, -0.1) is 0 Å². The smallest absolute Gasteiger partial charge is 0.340 e. The molecule has 0 bridgehead atoms. The third-order valence-corrected chi connectivity index (χ3v) is 3.94. The standard InChI is InChI=1S/C19H18N2O4/c1-12-13-6-3-4-7-14(13)21-16(10-24-2)18(12)19(23)25-11-17(22)15-8-5-9-20-15/h3-9,20H,10-11H2,1-2H3. The fourth-order valence-electron chi connectivity index (χ4n) is 2.74. The van der Waals surface area contributed by atoms with Gasteiger partial charge < -0.3 is 14.5 Å². The number of carbonyl (C=O) groups is 2. The van der Waals surface area contributed by atoms with Crippen molar-refractivity contribution in [2.75, 3.05) is 13.7 Å². The lowest BCUT2D eigenvalue weighted by molar-refractivity contribution is 0.0468. The van der Waals surface area contributed by atoms with Gasteiger partial charge in [-0.1, -0.05) is 18.2 Å². The number of carbonyl (C=O) groups excluding carboxylic acids is 2. The summed E-state index contributed by atoms with van der Waals surface area (Å²) in [5.41, 5.74) is 2.79. The summed E-state index contributed by atoms with van der Waals surface area (Å²) in [6, 6.07) is 10.9. The number of para-hydroxylation sites is 1. The number of hydrogen-bond acceptors (Lipinski definition) is 5. The largest absolute Gasteiger partial charge is 0.454 e. The minimum absolute atomic E-state index is 0.181. The highest BCUT2D eigenvalue weighted by atomic mass is 16.5. The number of esters is 1. The molecule has 2 heterocycles. The monoisotopic (exact) mass is 338 g/mol. The summed E-state index contributed by atoms with van der Waals surface area (Å²) in [5.74, 6) is -0.874. The molecule has 0 aliphatic carbocycles. The molecule has 3 rings (SSSR count). The van der Waals surface area contributed by atoms with Gasteiger partial charge in [0.15, 0.2) is 6.61 Å². The van der Waals surface area contributed by atoms with Crippen LogP contribution in [-0.2, 0) is 16.1 Å². The van der Waals surface area contributed by atoms with Crippen LogP contribution in [0.4, 0.5) is 0 Å².